The van der Waals surface area contributed by atoms with Crippen molar-refractivity contribution in [2.24, 2.45) is 0 Å². The Bertz CT molecular complexity index is 555. The minimum Gasteiger partial charge on any atom is -0.474 e. The van der Waals surface area contributed by atoms with Crippen LogP contribution in [0.1, 0.15) is 45.4 Å². The smallest absolute Gasteiger partial charge is 0.213 e. The van der Waals surface area contributed by atoms with Crippen molar-refractivity contribution in [2.75, 3.05) is 5.75 Å². The minimum absolute atomic E-state index is 0.0277. The SMILES string of the molecule is CCCCS(=O)(=O)NC1CCC(Oc2ccc(Cl)cn2)CC1. The van der Waals surface area contributed by atoms with E-state index in [9.17, 15) is 8.42 Å². The van der Waals surface area contributed by atoms with Gasteiger partial charge in [0.25, 0.3) is 0 Å². The van der Waals surface area contributed by atoms with E-state index in [1.807, 2.05) is 6.92 Å². The zero-order chi connectivity index (χ0) is 16.0. The van der Waals surface area contributed by atoms with Crippen molar-refractivity contribution in [2.45, 2.75) is 57.6 Å². The molecule has 0 saturated heterocycles. The summed E-state index contributed by atoms with van der Waals surface area (Å²) in [7, 11) is -3.14. The molecule has 1 aromatic heterocycles. The Labute approximate surface area is 137 Å². The van der Waals surface area contributed by atoms with Crippen molar-refractivity contribution >= 4 is 21.6 Å². The molecule has 5 nitrogen and oxygen atoms in total. The molecule has 0 bridgehead atoms. The molecule has 1 N–H and O–H groups in total. The number of sulfonamides is 1. The summed E-state index contributed by atoms with van der Waals surface area (Å²) >= 11 is 5.79. The second-order valence-electron chi connectivity index (χ2n) is 5.70. The highest BCUT2D eigenvalue weighted by atomic mass is 35.5. The number of pyridine rings is 1. The van der Waals surface area contributed by atoms with E-state index in [4.69, 9.17) is 16.3 Å². The van der Waals surface area contributed by atoms with Crippen LogP contribution in [0.2, 0.25) is 5.02 Å². The van der Waals surface area contributed by atoms with E-state index in [1.54, 1.807) is 18.3 Å². The van der Waals surface area contributed by atoms with Crippen LogP contribution in [0.25, 0.3) is 0 Å². The van der Waals surface area contributed by atoms with Crippen molar-refractivity contribution < 1.29 is 13.2 Å². The highest BCUT2D eigenvalue weighted by Gasteiger charge is 2.25. The fourth-order valence-electron chi connectivity index (χ4n) is 2.55. The summed E-state index contributed by atoms with van der Waals surface area (Å²) in [5.74, 6) is 0.783. The zero-order valence-electron chi connectivity index (χ0n) is 12.8. The number of nitrogens with zero attached hydrogens (tertiary/aromatic N) is 1. The van der Waals surface area contributed by atoms with Gasteiger partial charge in [-0.15, -0.1) is 0 Å². The van der Waals surface area contributed by atoms with Crippen LogP contribution < -0.4 is 9.46 Å². The van der Waals surface area contributed by atoms with Gasteiger partial charge in [0, 0.05) is 18.3 Å². The van der Waals surface area contributed by atoms with Gasteiger partial charge in [-0.2, -0.15) is 0 Å². The Morgan fingerprint density at radius 3 is 2.64 bits per heavy atom. The maximum absolute atomic E-state index is 11.9. The largest absolute Gasteiger partial charge is 0.474 e. The highest BCUT2D eigenvalue weighted by molar-refractivity contribution is 7.89. The third-order valence-electron chi connectivity index (χ3n) is 3.77. The van der Waals surface area contributed by atoms with Crippen LogP contribution >= 0.6 is 11.6 Å². The lowest BCUT2D eigenvalue weighted by Crippen LogP contribution is -2.40. The van der Waals surface area contributed by atoms with E-state index in [1.165, 1.54) is 0 Å². The van der Waals surface area contributed by atoms with Gasteiger partial charge in [0.15, 0.2) is 0 Å². The molecule has 0 aromatic carbocycles. The summed E-state index contributed by atoms with van der Waals surface area (Å²) in [6.45, 7) is 1.99. The predicted molar refractivity (Wildman–Crippen MR) is 87.7 cm³/mol. The number of rotatable bonds is 7. The van der Waals surface area contributed by atoms with Crippen molar-refractivity contribution in [3.63, 3.8) is 0 Å². The van der Waals surface area contributed by atoms with Gasteiger partial charge in [-0.05, 0) is 38.2 Å². The summed E-state index contributed by atoms with van der Waals surface area (Å²) in [5, 5.41) is 0.581. The molecule has 124 valence electrons. The van der Waals surface area contributed by atoms with Gasteiger partial charge in [-0.3, -0.25) is 0 Å². The second-order valence-corrected chi connectivity index (χ2v) is 8.01. The third-order valence-corrected chi connectivity index (χ3v) is 5.52. The van der Waals surface area contributed by atoms with Crippen molar-refractivity contribution in [1.29, 1.82) is 0 Å². The Balaban J connectivity index is 1.77. The first kappa shape index (κ1) is 17.5. The number of ether oxygens (including phenoxy) is 1. The van der Waals surface area contributed by atoms with Crippen LogP contribution in [0, 0.1) is 0 Å². The third kappa shape index (κ3) is 5.74. The molecule has 1 heterocycles. The number of unbranched alkanes of at least 4 members (excludes halogenated alkanes) is 1. The molecule has 1 fully saturated rings. The van der Waals surface area contributed by atoms with Gasteiger partial charge >= 0.3 is 0 Å². The number of nitrogens with one attached hydrogen (secondary N) is 1. The lowest BCUT2D eigenvalue weighted by atomic mass is 9.94. The Kier molecular flexibility index (Phi) is 6.47. The lowest BCUT2D eigenvalue weighted by Gasteiger charge is -2.29. The van der Waals surface area contributed by atoms with Crippen LogP contribution in [-0.2, 0) is 10.0 Å². The van der Waals surface area contributed by atoms with E-state index in [0.29, 0.717) is 17.3 Å². The fraction of sp³-hybridized carbons (Fsp3) is 0.667. The summed E-state index contributed by atoms with van der Waals surface area (Å²) in [6, 6.07) is 3.53. The first-order chi connectivity index (χ1) is 10.5. The maximum Gasteiger partial charge on any atom is 0.213 e. The molecule has 1 aliphatic carbocycles. The molecule has 0 aliphatic heterocycles. The van der Waals surface area contributed by atoms with Crippen molar-refractivity contribution in [3.05, 3.63) is 23.4 Å². The molecule has 0 atom stereocenters. The number of hydrogen-bond donors (Lipinski definition) is 1. The van der Waals surface area contributed by atoms with Crippen molar-refractivity contribution in [3.8, 4) is 5.88 Å². The topological polar surface area (TPSA) is 68.3 Å². The summed E-state index contributed by atoms with van der Waals surface area (Å²) < 4.78 is 32.4. The van der Waals surface area contributed by atoms with Gasteiger partial charge in [-0.25, -0.2) is 18.1 Å². The molecule has 0 radical (unpaired) electrons. The lowest BCUT2D eigenvalue weighted by molar-refractivity contribution is 0.138. The van der Waals surface area contributed by atoms with Gasteiger partial charge in [0.05, 0.1) is 10.8 Å². The normalized spacial score (nSPS) is 22.5. The first-order valence-electron chi connectivity index (χ1n) is 7.76. The molecular formula is C15H23ClN2O3S. The number of aromatic nitrogens is 1. The van der Waals surface area contributed by atoms with Crippen molar-refractivity contribution in [1.82, 2.24) is 9.71 Å². The molecule has 1 aliphatic rings. The number of halogens is 1. The molecule has 0 amide bonds. The molecule has 22 heavy (non-hydrogen) atoms. The van der Waals surface area contributed by atoms with Gasteiger partial charge in [0.2, 0.25) is 15.9 Å². The van der Waals surface area contributed by atoms with Gasteiger partial charge in [-0.1, -0.05) is 24.9 Å². The number of hydrogen-bond acceptors (Lipinski definition) is 4. The van der Waals surface area contributed by atoms with Gasteiger partial charge in [0.1, 0.15) is 6.10 Å². The molecular weight excluding hydrogens is 324 g/mol. The zero-order valence-corrected chi connectivity index (χ0v) is 14.4. The predicted octanol–water partition coefficient (Wildman–Crippen LogP) is 3.14. The molecule has 1 aromatic rings. The van der Waals surface area contributed by atoms with E-state index >= 15 is 0 Å². The van der Waals surface area contributed by atoms with E-state index in [2.05, 4.69) is 9.71 Å². The van der Waals surface area contributed by atoms with E-state index < -0.39 is 10.0 Å². The molecule has 7 heteroatoms. The highest BCUT2D eigenvalue weighted by Crippen LogP contribution is 2.24. The van der Waals surface area contributed by atoms with Crippen LogP contribution in [0.5, 0.6) is 5.88 Å². The second kappa shape index (κ2) is 8.13. The average Bonchev–Trinajstić information content (AvgIpc) is 2.49. The van der Waals surface area contributed by atoms with Gasteiger partial charge < -0.3 is 4.74 Å². The standard InChI is InChI=1S/C15H23ClN2O3S/c1-2-3-10-22(19,20)18-13-5-7-14(8-6-13)21-15-9-4-12(16)11-17-15/h4,9,11,13-14,18H,2-3,5-8,10H2,1H3. The molecule has 2 rings (SSSR count). The van der Waals surface area contributed by atoms with Crippen LogP contribution in [0.3, 0.4) is 0 Å². The summed E-state index contributed by atoms with van der Waals surface area (Å²) in [5.41, 5.74) is 0. The van der Waals surface area contributed by atoms with Crippen LogP contribution in [0.15, 0.2) is 18.3 Å². The first-order valence-corrected chi connectivity index (χ1v) is 9.80. The summed E-state index contributed by atoms with van der Waals surface area (Å²) in [4.78, 5) is 4.12. The Hall–Kier alpha value is -0.850. The minimum atomic E-state index is -3.14. The molecule has 0 unspecified atom stereocenters. The van der Waals surface area contributed by atoms with E-state index in [-0.39, 0.29) is 17.9 Å². The molecule has 1 saturated carbocycles. The fourth-order valence-corrected chi connectivity index (χ4v) is 4.19. The summed E-state index contributed by atoms with van der Waals surface area (Å²) in [6.07, 6.45) is 6.48. The average molecular weight is 347 g/mol. The molecule has 0 spiro atoms. The quantitative estimate of drug-likeness (QED) is 0.823. The van der Waals surface area contributed by atoms with Crippen LogP contribution in [0.4, 0.5) is 0 Å². The monoisotopic (exact) mass is 346 g/mol. The Morgan fingerprint density at radius 2 is 2.05 bits per heavy atom. The Morgan fingerprint density at radius 1 is 1.32 bits per heavy atom. The van der Waals surface area contributed by atoms with Crippen LogP contribution in [-0.4, -0.2) is 31.3 Å². The van der Waals surface area contributed by atoms with E-state index in [0.717, 1.165) is 32.1 Å². The maximum atomic E-state index is 11.9.